The summed E-state index contributed by atoms with van der Waals surface area (Å²) in [6, 6.07) is 15.2. The number of anilines is 1. The maximum Gasteiger partial charge on any atom is 0.319 e. The number of nitrogens with one attached hydrogen (secondary N) is 2. The molecular weight excluding hydrogens is 336 g/mol. The Morgan fingerprint density at radius 2 is 2.04 bits per heavy atom. The van der Waals surface area contributed by atoms with Gasteiger partial charge in [-0.05, 0) is 37.8 Å². The van der Waals surface area contributed by atoms with Crippen LogP contribution in [0.3, 0.4) is 0 Å². The van der Waals surface area contributed by atoms with Gasteiger partial charge >= 0.3 is 6.03 Å². The number of aromatic nitrogens is 1. The maximum absolute atomic E-state index is 12.2. The number of hydrogen-bond acceptors (Lipinski definition) is 5. The third-order valence-electron chi connectivity index (χ3n) is 3.77. The highest BCUT2D eigenvalue weighted by Crippen LogP contribution is 2.25. The van der Waals surface area contributed by atoms with E-state index in [-0.39, 0.29) is 12.1 Å². The summed E-state index contributed by atoms with van der Waals surface area (Å²) in [5.74, 6) is 0.814. The lowest BCUT2D eigenvalue weighted by Crippen LogP contribution is -2.36. The van der Waals surface area contributed by atoms with Gasteiger partial charge in [-0.1, -0.05) is 30.3 Å². The van der Waals surface area contributed by atoms with Gasteiger partial charge in [0.15, 0.2) is 0 Å². The molecule has 0 aliphatic carbocycles. The molecule has 130 valence electrons. The van der Waals surface area contributed by atoms with Crippen LogP contribution in [0, 0.1) is 0 Å². The molecule has 2 N–H and O–H groups in total. The Hall–Kier alpha value is -2.64. The highest BCUT2D eigenvalue weighted by molar-refractivity contribution is 7.10. The number of carbonyl (C=O) groups excluding carboxylic acids is 1. The summed E-state index contributed by atoms with van der Waals surface area (Å²) in [5.41, 5.74) is 1.88. The molecule has 0 aliphatic rings. The van der Waals surface area contributed by atoms with E-state index in [0.717, 1.165) is 17.0 Å². The number of likely N-dealkylation sites (N-methyl/N-ethyl adjacent to an activating group) is 1. The number of furan rings is 1. The molecule has 3 aromatic rings. The number of benzene rings is 1. The molecule has 6 nitrogen and oxygen atoms in total. The summed E-state index contributed by atoms with van der Waals surface area (Å²) < 4.78 is 9.82. The van der Waals surface area contributed by atoms with Crippen LogP contribution in [0.2, 0.25) is 0 Å². The minimum Gasteiger partial charge on any atom is -0.468 e. The fourth-order valence-corrected chi connectivity index (χ4v) is 3.10. The molecule has 7 heteroatoms. The number of amides is 2. The van der Waals surface area contributed by atoms with E-state index in [1.165, 1.54) is 11.5 Å². The van der Waals surface area contributed by atoms with Crippen molar-refractivity contribution in [2.75, 3.05) is 26.0 Å². The molecule has 2 heterocycles. The van der Waals surface area contributed by atoms with Gasteiger partial charge in [0.2, 0.25) is 0 Å². The van der Waals surface area contributed by atoms with Crippen LogP contribution < -0.4 is 10.6 Å². The van der Waals surface area contributed by atoms with Crippen molar-refractivity contribution in [2.24, 2.45) is 0 Å². The average Bonchev–Trinajstić information content (AvgIpc) is 3.28. The summed E-state index contributed by atoms with van der Waals surface area (Å²) in [6.45, 7) is 0.441. The van der Waals surface area contributed by atoms with Crippen molar-refractivity contribution in [3.05, 3.63) is 60.6 Å². The van der Waals surface area contributed by atoms with Gasteiger partial charge in [0.1, 0.15) is 10.8 Å². The Morgan fingerprint density at radius 1 is 1.24 bits per heavy atom. The number of hydrogen-bond donors (Lipinski definition) is 2. The van der Waals surface area contributed by atoms with Crippen molar-refractivity contribution in [3.63, 3.8) is 0 Å². The molecular formula is C18H20N4O2S. The zero-order chi connectivity index (χ0) is 17.6. The summed E-state index contributed by atoms with van der Waals surface area (Å²) in [5, 5.41) is 6.41. The second-order valence-corrected chi connectivity index (χ2v) is 6.58. The van der Waals surface area contributed by atoms with Crippen molar-refractivity contribution in [1.29, 1.82) is 0 Å². The quantitative estimate of drug-likeness (QED) is 0.704. The molecule has 0 radical (unpaired) electrons. The number of rotatable bonds is 6. The molecule has 0 saturated carbocycles. The van der Waals surface area contributed by atoms with Gasteiger partial charge in [0, 0.05) is 18.2 Å². The molecule has 3 rings (SSSR count). The Morgan fingerprint density at radius 3 is 2.72 bits per heavy atom. The molecule has 1 aromatic carbocycles. The summed E-state index contributed by atoms with van der Waals surface area (Å²) >= 11 is 1.26. The summed E-state index contributed by atoms with van der Waals surface area (Å²) in [6.07, 6.45) is 1.63. The third-order valence-corrected chi connectivity index (χ3v) is 4.47. The Bertz CT molecular complexity index is 800. The lowest BCUT2D eigenvalue weighted by Gasteiger charge is -2.22. The maximum atomic E-state index is 12.2. The number of urea groups is 1. The number of carbonyl (C=O) groups is 1. The minimum absolute atomic E-state index is 0.0258. The van der Waals surface area contributed by atoms with E-state index >= 15 is 0 Å². The van der Waals surface area contributed by atoms with Crippen molar-refractivity contribution < 1.29 is 9.21 Å². The zero-order valence-electron chi connectivity index (χ0n) is 14.1. The van der Waals surface area contributed by atoms with Crippen molar-refractivity contribution in [3.8, 4) is 11.3 Å². The van der Waals surface area contributed by atoms with E-state index in [2.05, 4.69) is 15.0 Å². The topological polar surface area (TPSA) is 70.4 Å². The van der Waals surface area contributed by atoms with Crippen molar-refractivity contribution in [2.45, 2.75) is 6.04 Å². The van der Waals surface area contributed by atoms with E-state index < -0.39 is 0 Å². The molecule has 0 aliphatic heterocycles. The first kappa shape index (κ1) is 17.2. The Kier molecular flexibility index (Phi) is 5.47. The van der Waals surface area contributed by atoms with Crippen LogP contribution in [0.5, 0.6) is 0 Å². The smallest absolute Gasteiger partial charge is 0.319 e. The van der Waals surface area contributed by atoms with E-state index in [9.17, 15) is 4.79 Å². The average molecular weight is 356 g/mol. The first-order chi connectivity index (χ1) is 12.1. The van der Waals surface area contributed by atoms with Gasteiger partial charge < -0.3 is 9.73 Å². The van der Waals surface area contributed by atoms with Crippen LogP contribution in [0.25, 0.3) is 11.3 Å². The summed E-state index contributed by atoms with van der Waals surface area (Å²) in [7, 11) is 3.89. The first-order valence-corrected chi connectivity index (χ1v) is 8.67. The monoisotopic (exact) mass is 356 g/mol. The van der Waals surface area contributed by atoms with E-state index in [1.54, 1.807) is 6.26 Å². The van der Waals surface area contributed by atoms with Crippen LogP contribution in [0.15, 0.2) is 59.2 Å². The molecule has 1 unspecified atom stereocenters. The van der Waals surface area contributed by atoms with Gasteiger partial charge in [-0.25, -0.2) is 4.79 Å². The van der Waals surface area contributed by atoms with E-state index in [1.807, 2.05) is 67.5 Å². The van der Waals surface area contributed by atoms with Gasteiger partial charge in [0.05, 0.1) is 18.0 Å². The molecule has 0 saturated heterocycles. The van der Waals surface area contributed by atoms with Gasteiger partial charge in [0.25, 0.3) is 0 Å². The second-order valence-electron chi connectivity index (χ2n) is 5.77. The standard InChI is InChI=1S/C18H20N4O2S/c1-22(2)15(16-9-6-10-24-16)12-19-18(23)20-17-11-14(21-25-17)13-7-4-3-5-8-13/h3-11,15H,12H2,1-2H3,(H2,19,20,23). The lowest BCUT2D eigenvalue weighted by atomic mass is 10.2. The number of nitrogens with zero attached hydrogens (tertiary/aromatic N) is 2. The van der Waals surface area contributed by atoms with Crippen LogP contribution in [-0.4, -0.2) is 35.9 Å². The molecule has 0 fully saturated rings. The molecule has 0 bridgehead atoms. The van der Waals surface area contributed by atoms with Crippen LogP contribution in [0.4, 0.5) is 9.80 Å². The lowest BCUT2D eigenvalue weighted by molar-refractivity contribution is 0.233. The highest BCUT2D eigenvalue weighted by Gasteiger charge is 2.18. The molecule has 25 heavy (non-hydrogen) atoms. The van der Waals surface area contributed by atoms with E-state index in [4.69, 9.17) is 4.42 Å². The zero-order valence-corrected chi connectivity index (χ0v) is 14.9. The van der Waals surface area contributed by atoms with E-state index in [0.29, 0.717) is 11.5 Å². The van der Waals surface area contributed by atoms with Gasteiger partial charge in [-0.15, -0.1) is 0 Å². The summed E-state index contributed by atoms with van der Waals surface area (Å²) in [4.78, 5) is 14.2. The highest BCUT2D eigenvalue weighted by atomic mass is 32.1. The van der Waals surface area contributed by atoms with Crippen LogP contribution >= 0.6 is 11.5 Å². The van der Waals surface area contributed by atoms with Crippen LogP contribution in [-0.2, 0) is 0 Å². The van der Waals surface area contributed by atoms with Crippen LogP contribution in [0.1, 0.15) is 11.8 Å². The van der Waals surface area contributed by atoms with Gasteiger partial charge in [-0.2, -0.15) is 4.37 Å². The molecule has 2 amide bonds. The molecule has 0 spiro atoms. The Balaban J connectivity index is 1.57. The van der Waals surface area contributed by atoms with Crippen molar-refractivity contribution in [1.82, 2.24) is 14.6 Å². The Labute approximate surface area is 150 Å². The normalized spacial score (nSPS) is 12.1. The largest absolute Gasteiger partial charge is 0.468 e. The minimum atomic E-state index is -0.262. The predicted molar refractivity (Wildman–Crippen MR) is 99.7 cm³/mol. The fraction of sp³-hybridized carbons (Fsp3) is 0.222. The first-order valence-electron chi connectivity index (χ1n) is 7.90. The SMILES string of the molecule is CN(C)C(CNC(=O)Nc1cc(-c2ccccc2)ns1)c1ccco1. The second kappa shape index (κ2) is 7.96. The molecule has 2 aromatic heterocycles. The fourth-order valence-electron chi connectivity index (χ4n) is 2.44. The predicted octanol–water partition coefficient (Wildman–Crippen LogP) is 3.83. The van der Waals surface area contributed by atoms with Gasteiger partial charge in [-0.3, -0.25) is 10.2 Å². The van der Waals surface area contributed by atoms with Crippen molar-refractivity contribution >= 4 is 22.6 Å². The molecule has 1 atom stereocenters. The third kappa shape index (κ3) is 4.46.